The van der Waals surface area contributed by atoms with E-state index in [-0.39, 0.29) is 13.4 Å². The zero-order valence-electron chi connectivity index (χ0n) is 16.2. The number of ether oxygens (including phenoxy) is 2. The second-order valence-corrected chi connectivity index (χ2v) is 6.61. The number of hydrogen-bond acceptors (Lipinski definition) is 9. The molecule has 0 saturated heterocycles. The Kier molecular flexibility index (Phi) is 4.52. The summed E-state index contributed by atoms with van der Waals surface area (Å²) >= 11 is 0. The van der Waals surface area contributed by atoms with E-state index in [1.807, 2.05) is 54.0 Å². The van der Waals surface area contributed by atoms with Crippen molar-refractivity contribution >= 4 is 28.6 Å². The Labute approximate surface area is 171 Å². The normalized spacial score (nSPS) is 12.3. The van der Waals surface area contributed by atoms with Crippen LogP contribution in [0, 0.1) is 6.92 Å². The number of aliphatic hydroxyl groups is 1. The monoisotopic (exact) mass is 405 g/mol. The first-order chi connectivity index (χ1) is 14.7. The van der Waals surface area contributed by atoms with Crippen LogP contribution >= 0.6 is 0 Å². The van der Waals surface area contributed by atoms with Crippen LogP contribution in [0.2, 0.25) is 0 Å². The molecule has 10 nitrogen and oxygen atoms in total. The molecule has 0 atom stereocenters. The molecule has 30 heavy (non-hydrogen) atoms. The first kappa shape index (κ1) is 18.1. The number of aliphatic hydroxyl groups excluding tert-OH is 1. The van der Waals surface area contributed by atoms with E-state index in [9.17, 15) is 5.11 Å². The van der Waals surface area contributed by atoms with Crippen molar-refractivity contribution in [2.45, 2.75) is 6.92 Å². The molecule has 3 N–H and O–H groups in total. The number of fused-ring (bicyclic) bond motifs is 2. The van der Waals surface area contributed by atoms with E-state index in [2.05, 4.69) is 30.6 Å². The van der Waals surface area contributed by atoms with Crippen LogP contribution in [-0.4, -0.2) is 49.6 Å². The van der Waals surface area contributed by atoms with Gasteiger partial charge < -0.3 is 25.2 Å². The summed E-state index contributed by atoms with van der Waals surface area (Å²) in [6.45, 7) is 2.38. The average molecular weight is 405 g/mol. The highest BCUT2D eigenvalue weighted by molar-refractivity contribution is 5.77. The van der Waals surface area contributed by atoms with E-state index in [1.165, 1.54) is 0 Å². The molecule has 4 aromatic rings. The van der Waals surface area contributed by atoms with Crippen LogP contribution in [0.15, 0.2) is 42.5 Å². The second kappa shape index (κ2) is 7.48. The van der Waals surface area contributed by atoms with Gasteiger partial charge in [0.15, 0.2) is 11.5 Å². The van der Waals surface area contributed by atoms with Crippen molar-refractivity contribution in [3.05, 3.63) is 48.3 Å². The summed E-state index contributed by atoms with van der Waals surface area (Å²) in [6, 6.07) is 13.3. The van der Waals surface area contributed by atoms with Gasteiger partial charge in [0, 0.05) is 18.3 Å². The maximum atomic E-state index is 9.17. The van der Waals surface area contributed by atoms with E-state index in [1.54, 1.807) is 0 Å². The Morgan fingerprint density at radius 1 is 1.00 bits per heavy atom. The van der Waals surface area contributed by atoms with Crippen LogP contribution in [0.4, 0.5) is 17.6 Å². The van der Waals surface area contributed by atoms with Crippen molar-refractivity contribution in [2.24, 2.45) is 0 Å². The lowest BCUT2D eigenvalue weighted by Gasteiger charge is -2.12. The van der Waals surface area contributed by atoms with E-state index in [0.29, 0.717) is 35.9 Å². The number of benzene rings is 2. The number of anilines is 3. The molecule has 10 heteroatoms. The lowest BCUT2D eigenvalue weighted by molar-refractivity contribution is 0.174. The zero-order chi connectivity index (χ0) is 20.5. The van der Waals surface area contributed by atoms with Crippen LogP contribution in [0.1, 0.15) is 5.82 Å². The van der Waals surface area contributed by atoms with Crippen molar-refractivity contribution in [3.8, 4) is 17.4 Å². The first-order valence-electron chi connectivity index (χ1n) is 9.43. The molecular formula is C20H19N7O3. The highest BCUT2D eigenvalue weighted by Crippen LogP contribution is 2.35. The molecule has 3 heterocycles. The Morgan fingerprint density at radius 2 is 1.83 bits per heavy atom. The highest BCUT2D eigenvalue weighted by atomic mass is 16.7. The van der Waals surface area contributed by atoms with Gasteiger partial charge in [-0.15, -0.1) is 0 Å². The molecule has 2 aromatic carbocycles. The minimum absolute atomic E-state index is 0.0427. The molecule has 152 valence electrons. The van der Waals surface area contributed by atoms with Crippen LogP contribution in [0.25, 0.3) is 17.0 Å². The third-order valence-electron chi connectivity index (χ3n) is 4.58. The van der Waals surface area contributed by atoms with Gasteiger partial charge in [0.1, 0.15) is 5.82 Å². The number of aromatic nitrogens is 5. The van der Waals surface area contributed by atoms with Gasteiger partial charge in [-0.3, -0.25) is 4.57 Å². The molecule has 1 aliphatic rings. The average Bonchev–Trinajstić information content (AvgIpc) is 3.34. The quantitative estimate of drug-likeness (QED) is 0.444. The van der Waals surface area contributed by atoms with Gasteiger partial charge in [-0.2, -0.15) is 15.0 Å². The molecule has 5 rings (SSSR count). The van der Waals surface area contributed by atoms with Gasteiger partial charge in [-0.25, -0.2) is 4.98 Å². The predicted octanol–water partition coefficient (Wildman–Crippen LogP) is 2.40. The summed E-state index contributed by atoms with van der Waals surface area (Å²) < 4.78 is 12.7. The molecule has 0 amide bonds. The zero-order valence-corrected chi connectivity index (χ0v) is 16.2. The molecule has 0 radical (unpaired) electrons. The lowest BCUT2D eigenvalue weighted by Crippen LogP contribution is -2.14. The third kappa shape index (κ3) is 3.33. The Bertz CT molecular complexity index is 1220. The van der Waals surface area contributed by atoms with Gasteiger partial charge >= 0.3 is 0 Å². The summed E-state index contributed by atoms with van der Waals surface area (Å²) in [6.07, 6.45) is 0. The highest BCUT2D eigenvalue weighted by Gasteiger charge is 2.16. The van der Waals surface area contributed by atoms with Gasteiger partial charge in [-0.1, -0.05) is 12.1 Å². The molecular weight excluding hydrogens is 386 g/mol. The predicted molar refractivity (Wildman–Crippen MR) is 111 cm³/mol. The molecule has 0 bridgehead atoms. The van der Waals surface area contributed by atoms with Crippen LogP contribution < -0.4 is 20.1 Å². The van der Waals surface area contributed by atoms with Gasteiger partial charge in [0.2, 0.25) is 24.6 Å². The Balaban J connectivity index is 1.56. The van der Waals surface area contributed by atoms with Crippen LogP contribution in [0.3, 0.4) is 0 Å². The molecule has 0 unspecified atom stereocenters. The fourth-order valence-electron chi connectivity index (χ4n) is 3.27. The smallest absolute Gasteiger partial charge is 0.242 e. The molecule has 0 aliphatic carbocycles. The van der Waals surface area contributed by atoms with Crippen molar-refractivity contribution in [2.75, 3.05) is 30.6 Å². The van der Waals surface area contributed by atoms with Crippen LogP contribution in [0.5, 0.6) is 11.5 Å². The van der Waals surface area contributed by atoms with Crippen LogP contribution in [-0.2, 0) is 0 Å². The number of nitrogens with one attached hydrogen (secondary N) is 2. The number of aryl methyl sites for hydroxylation is 1. The maximum absolute atomic E-state index is 9.17. The summed E-state index contributed by atoms with van der Waals surface area (Å²) in [5, 5.41) is 15.4. The van der Waals surface area contributed by atoms with Crippen molar-refractivity contribution < 1.29 is 14.6 Å². The maximum Gasteiger partial charge on any atom is 0.242 e. The number of rotatable bonds is 6. The molecule has 0 fully saturated rings. The standard InChI is InChI=1S/C20H19N7O3/c1-12-22-14-4-2-3-5-15(14)27(12)20-25-18(21-8-9-28)24-19(26-20)23-13-6-7-16-17(10-13)30-11-29-16/h2-7,10,28H,8-9,11H2,1H3,(H2,21,23,24,25,26). The third-order valence-corrected chi connectivity index (χ3v) is 4.58. The Morgan fingerprint density at radius 3 is 2.73 bits per heavy atom. The molecule has 0 saturated carbocycles. The minimum Gasteiger partial charge on any atom is -0.454 e. The summed E-state index contributed by atoms with van der Waals surface area (Å²) in [5.41, 5.74) is 2.49. The first-order valence-corrected chi connectivity index (χ1v) is 9.43. The number of hydrogen-bond donors (Lipinski definition) is 3. The van der Waals surface area contributed by atoms with Gasteiger partial charge in [0.25, 0.3) is 0 Å². The topological polar surface area (TPSA) is 119 Å². The fourth-order valence-corrected chi connectivity index (χ4v) is 3.27. The minimum atomic E-state index is -0.0427. The largest absolute Gasteiger partial charge is 0.454 e. The number of para-hydroxylation sites is 2. The van der Waals surface area contributed by atoms with Crippen molar-refractivity contribution in [1.82, 2.24) is 24.5 Å². The summed E-state index contributed by atoms with van der Waals surface area (Å²) in [7, 11) is 0. The van der Waals surface area contributed by atoms with E-state index < -0.39 is 0 Å². The Hall–Kier alpha value is -3.92. The van der Waals surface area contributed by atoms with Gasteiger partial charge in [-0.05, 0) is 31.2 Å². The molecule has 0 spiro atoms. The lowest BCUT2D eigenvalue weighted by atomic mass is 10.3. The SMILES string of the molecule is Cc1nc2ccccc2n1-c1nc(NCCO)nc(Nc2ccc3c(c2)OCO3)n1. The number of nitrogens with zero attached hydrogens (tertiary/aromatic N) is 5. The summed E-state index contributed by atoms with van der Waals surface area (Å²) in [5.74, 6) is 3.21. The molecule has 2 aromatic heterocycles. The summed E-state index contributed by atoms with van der Waals surface area (Å²) in [4.78, 5) is 18.1. The number of imidazole rings is 1. The van der Waals surface area contributed by atoms with Crippen molar-refractivity contribution in [1.29, 1.82) is 0 Å². The van der Waals surface area contributed by atoms with E-state index in [0.717, 1.165) is 22.5 Å². The second-order valence-electron chi connectivity index (χ2n) is 6.61. The van der Waals surface area contributed by atoms with Gasteiger partial charge in [0.05, 0.1) is 17.6 Å². The van der Waals surface area contributed by atoms with E-state index >= 15 is 0 Å². The van der Waals surface area contributed by atoms with E-state index in [4.69, 9.17) is 9.47 Å². The molecule has 1 aliphatic heterocycles. The van der Waals surface area contributed by atoms with Crippen molar-refractivity contribution in [3.63, 3.8) is 0 Å². The fraction of sp³-hybridized carbons (Fsp3) is 0.200.